The Kier molecular flexibility index (Phi) is 5.43. The number of rotatable bonds is 7. The van der Waals surface area contributed by atoms with Crippen molar-refractivity contribution in [2.75, 3.05) is 13.4 Å². The van der Waals surface area contributed by atoms with Gasteiger partial charge in [0.05, 0.1) is 6.04 Å². The first kappa shape index (κ1) is 17.9. The van der Waals surface area contributed by atoms with Crippen LogP contribution in [0.15, 0.2) is 78.9 Å². The summed E-state index contributed by atoms with van der Waals surface area (Å²) >= 11 is 0. The fraction of sp³-hybridized carbons (Fsp3) is 0.174. The summed E-state index contributed by atoms with van der Waals surface area (Å²) < 4.78 is 16.2. The quantitative estimate of drug-likeness (QED) is 0.681. The van der Waals surface area contributed by atoms with Gasteiger partial charge in [0.1, 0.15) is 5.75 Å². The largest absolute Gasteiger partial charge is 0.484 e. The molecular formula is C23H21NO4. The van der Waals surface area contributed by atoms with Crippen molar-refractivity contribution >= 4 is 5.91 Å². The molecule has 0 saturated carbocycles. The van der Waals surface area contributed by atoms with Crippen LogP contribution >= 0.6 is 0 Å². The molecular weight excluding hydrogens is 354 g/mol. The van der Waals surface area contributed by atoms with Crippen molar-refractivity contribution in [3.05, 3.63) is 90.0 Å². The van der Waals surface area contributed by atoms with Crippen LogP contribution in [-0.4, -0.2) is 19.3 Å². The highest BCUT2D eigenvalue weighted by molar-refractivity contribution is 5.78. The molecule has 0 fully saturated rings. The van der Waals surface area contributed by atoms with Crippen molar-refractivity contribution in [3.8, 4) is 17.2 Å². The lowest BCUT2D eigenvalue weighted by molar-refractivity contribution is -0.123. The Bertz CT molecular complexity index is 928. The number of ether oxygens (including phenoxy) is 3. The number of fused-ring (bicyclic) bond motifs is 1. The van der Waals surface area contributed by atoms with E-state index in [1.54, 1.807) is 18.2 Å². The van der Waals surface area contributed by atoms with E-state index in [4.69, 9.17) is 14.2 Å². The van der Waals surface area contributed by atoms with E-state index in [1.165, 1.54) is 0 Å². The number of carbonyl (C=O) groups excluding carboxylic acids is 1. The van der Waals surface area contributed by atoms with Crippen molar-refractivity contribution in [3.63, 3.8) is 0 Å². The van der Waals surface area contributed by atoms with Crippen LogP contribution in [0.3, 0.4) is 0 Å². The summed E-state index contributed by atoms with van der Waals surface area (Å²) in [6, 6.07) is 25.2. The topological polar surface area (TPSA) is 56.8 Å². The third-order valence-corrected chi connectivity index (χ3v) is 4.53. The molecule has 0 aromatic heterocycles. The highest BCUT2D eigenvalue weighted by Gasteiger charge is 2.17. The maximum Gasteiger partial charge on any atom is 0.258 e. The van der Waals surface area contributed by atoms with Gasteiger partial charge in [-0.1, -0.05) is 60.7 Å². The normalized spacial score (nSPS) is 13.0. The van der Waals surface area contributed by atoms with Gasteiger partial charge in [-0.25, -0.2) is 0 Å². The Morgan fingerprint density at radius 2 is 1.64 bits per heavy atom. The van der Waals surface area contributed by atoms with E-state index in [1.807, 2.05) is 48.5 Å². The van der Waals surface area contributed by atoms with Crippen LogP contribution in [0, 0.1) is 0 Å². The summed E-state index contributed by atoms with van der Waals surface area (Å²) in [4.78, 5) is 12.5. The molecule has 5 nitrogen and oxygen atoms in total. The molecule has 1 amide bonds. The SMILES string of the molecule is O=C(COc1ccc2c(c1)OCO2)N[C@H](Cc1ccccc1)c1ccccc1. The Morgan fingerprint density at radius 3 is 2.43 bits per heavy atom. The second kappa shape index (κ2) is 8.48. The molecule has 0 aliphatic carbocycles. The molecule has 1 aliphatic rings. The Morgan fingerprint density at radius 1 is 0.929 bits per heavy atom. The molecule has 0 saturated heterocycles. The lowest BCUT2D eigenvalue weighted by Gasteiger charge is -2.20. The predicted molar refractivity (Wildman–Crippen MR) is 106 cm³/mol. The minimum atomic E-state index is -0.178. The van der Waals surface area contributed by atoms with Crippen LogP contribution in [0.4, 0.5) is 0 Å². The van der Waals surface area contributed by atoms with Crippen molar-refractivity contribution in [1.82, 2.24) is 5.32 Å². The molecule has 3 aromatic carbocycles. The van der Waals surface area contributed by atoms with E-state index in [0.29, 0.717) is 23.7 Å². The van der Waals surface area contributed by atoms with Gasteiger partial charge in [0.2, 0.25) is 6.79 Å². The van der Waals surface area contributed by atoms with Crippen molar-refractivity contribution < 1.29 is 19.0 Å². The van der Waals surface area contributed by atoms with Gasteiger partial charge in [-0.05, 0) is 29.7 Å². The molecule has 0 bridgehead atoms. The maximum absolute atomic E-state index is 12.5. The van der Waals surface area contributed by atoms with E-state index < -0.39 is 0 Å². The molecule has 1 heterocycles. The number of nitrogens with one attached hydrogen (secondary N) is 1. The third kappa shape index (κ3) is 4.43. The molecule has 0 spiro atoms. The van der Waals surface area contributed by atoms with Gasteiger partial charge in [-0.15, -0.1) is 0 Å². The van der Waals surface area contributed by atoms with Crippen LogP contribution < -0.4 is 19.5 Å². The van der Waals surface area contributed by atoms with E-state index in [0.717, 1.165) is 11.1 Å². The summed E-state index contributed by atoms with van der Waals surface area (Å²) in [6.45, 7) is 0.134. The van der Waals surface area contributed by atoms with Crippen molar-refractivity contribution in [2.45, 2.75) is 12.5 Å². The number of hydrogen-bond donors (Lipinski definition) is 1. The van der Waals surface area contributed by atoms with Gasteiger partial charge >= 0.3 is 0 Å². The van der Waals surface area contributed by atoms with Gasteiger partial charge in [0, 0.05) is 6.07 Å². The fourth-order valence-corrected chi connectivity index (χ4v) is 3.14. The van der Waals surface area contributed by atoms with Crippen LogP contribution in [0.25, 0.3) is 0 Å². The van der Waals surface area contributed by atoms with Crippen LogP contribution in [0.2, 0.25) is 0 Å². The molecule has 28 heavy (non-hydrogen) atoms. The number of hydrogen-bond acceptors (Lipinski definition) is 4. The minimum Gasteiger partial charge on any atom is -0.484 e. The standard InChI is InChI=1S/C23H21NO4/c25-23(15-26-19-11-12-21-22(14-19)28-16-27-21)24-20(18-9-5-2-6-10-18)13-17-7-3-1-4-8-17/h1-12,14,20H,13,15-16H2,(H,24,25)/t20-/m1/s1. The highest BCUT2D eigenvalue weighted by atomic mass is 16.7. The maximum atomic E-state index is 12.5. The third-order valence-electron chi connectivity index (χ3n) is 4.53. The number of carbonyl (C=O) groups is 1. The highest BCUT2D eigenvalue weighted by Crippen LogP contribution is 2.35. The lowest BCUT2D eigenvalue weighted by atomic mass is 9.99. The molecule has 1 N–H and O–H groups in total. The molecule has 5 heteroatoms. The molecule has 4 rings (SSSR count). The summed E-state index contributed by atoms with van der Waals surface area (Å²) in [5.41, 5.74) is 2.22. The first-order chi connectivity index (χ1) is 13.8. The van der Waals surface area contributed by atoms with E-state index >= 15 is 0 Å². The van der Waals surface area contributed by atoms with Crippen molar-refractivity contribution in [1.29, 1.82) is 0 Å². The first-order valence-corrected chi connectivity index (χ1v) is 9.18. The van der Waals surface area contributed by atoms with Crippen LogP contribution in [-0.2, 0) is 11.2 Å². The number of benzene rings is 3. The monoisotopic (exact) mass is 375 g/mol. The average Bonchev–Trinajstić information content (AvgIpc) is 3.21. The lowest BCUT2D eigenvalue weighted by Crippen LogP contribution is -2.33. The van der Waals surface area contributed by atoms with Gasteiger partial charge in [-0.3, -0.25) is 4.79 Å². The summed E-state index contributed by atoms with van der Waals surface area (Å²) in [5, 5.41) is 3.08. The van der Waals surface area contributed by atoms with E-state index in [2.05, 4.69) is 17.4 Å². The average molecular weight is 375 g/mol. The van der Waals surface area contributed by atoms with E-state index in [9.17, 15) is 4.79 Å². The second-order valence-corrected chi connectivity index (χ2v) is 6.52. The number of amides is 1. The zero-order valence-electron chi connectivity index (χ0n) is 15.3. The molecule has 3 aromatic rings. The Hall–Kier alpha value is -3.47. The molecule has 0 radical (unpaired) electrons. The Labute approximate surface area is 163 Å². The van der Waals surface area contributed by atoms with Crippen LogP contribution in [0.5, 0.6) is 17.2 Å². The second-order valence-electron chi connectivity index (χ2n) is 6.52. The Balaban J connectivity index is 1.40. The zero-order valence-corrected chi connectivity index (χ0v) is 15.3. The summed E-state index contributed by atoms with van der Waals surface area (Å²) in [6.07, 6.45) is 0.709. The smallest absolute Gasteiger partial charge is 0.258 e. The fourth-order valence-electron chi connectivity index (χ4n) is 3.14. The van der Waals surface area contributed by atoms with Gasteiger partial charge in [0.15, 0.2) is 18.1 Å². The van der Waals surface area contributed by atoms with Gasteiger partial charge in [0.25, 0.3) is 5.91 Å². The van der Waals surface area contributed by atoms with Gasteiger partial charge in [-0.2, -0.15) is 0 Å². The minimum absolute atomic E-state index is 0.0717. The molecule has 142 valence electrons. The first-order valence-electron chi connectivity index (χ1n) is 9.18. The molecule has 1 atom stereocenters. The molecule has 1 aliphatic heterocycles. The zero-order chi connectivity index (χ0) is 19.2. The van der Waals surface area contributed by atoms with Crippen LogP contribution in [0.1, 0.15) is 17.2 Å². The summed E-state index contributed by atoms with van der Waals surface area (Å²) in [7, 11) is 0. The predicted octanol–water partition coefficient (Wildman–Crippen LogP) is 3.89. The molecule has 0 unspecified atom stereocenters. The summed E-state index contributed by atoms with van der Waals surface area (Å²) in [5.74, 6) is 1.70. The van der Waals surface area contributed by atoms with Gasteiger partial charge < -0.3 is 19.5 Å². The van der Waals surface area contributed by atoms with E-state index in [-0.39, 0.29) is 25.3 Å². The van der Waals surface area contributed by atoms with Crippen molar-refractivity contribution in [2.24, 2.45) is 0 Å².